The third-order valence-electron chi connectivity index (χ3n) is 6.13. The zero-order valence-corrected chi connectivity index (χ0v) is 23.8. The van der Waals surface area contributed by atoms with Gasteiger partial charge < -0.3 is 41.0 Å². The molecule has 0 unspecified atom stereocenters. The number of phenols is 2. The molecule has 0 aliphatic heterocycles. The minimum absolute atomic E-state index is 0.126. The summed E-state index contributed by atoms with van der Waals surface area (Å²) in [6.07, 6.45) is 0.588. The smallest absolute Gasteiger partial charge is 0.251 e. The van der Waals surface area contributed by atoms with Gasteiger partial charge in [0.05, 0.1) is 26.4 Å². The molecule has 0 spiro atoms. The molecule has 0 bridgehead atoms. The Kier molecular flexibility index (Phi) is 12.3. The van der Waals surface area contributed by atoms with Gasteiger partial charge in [0.2, 0.25) is 17.8 Å². The Morgan fingerprint density at radius 2 is 1.23 bits per heavy atom. The second-order valence-electron chi connectivity index (χ2n) is 9.42. The molecule has 226 valence electrons. The summed E-state index contributed by atoms with van der Waals surface area (Å²) >= 11 is 0. The molecule has 0 radical (unpaired) electrons. The molecule has 3 aromatic carbocycles. The first-order valence-electron chi connectivity index (χ1n) is 14.1. The van der Waals surface area contributed by atoms with Gasteiger partial charge in [0.1, 0.15) is 0 Å². The van der Waals surface area contributed by atoms with Crippen molar-refractivity contribution in [2.75, 3.05) is 62.0 Å². The van der Waals surface area contributed by atoms with Gasteiger partial charge in [0.25, 0.3) is 5.91 Å². The Bertz CT molecular complexity index is 1410. The van der Waals surface area contributed by atoms with Crippen molar-refractivity contribution in [3.63, 3.8) is 0 Å². The van der Waals surface area contributed by atoms with E-state index < -0.39 is 0 Å². The van der Waals surface area contributed by atoms with Crippen molar-refractivity contribution in [2.24, 2.45) is 0 Å². The molecule has 1 heterocycles. The first-order chi connectivity index (χ1) is 21.1. The Hall–Kier alpha value is -4.94. The molecule has 0 fully saturated rings. The van der Waals surface area contributed by atoms with E-state index in [2.05, 4.69) is 36.2 Å². The fourth-order valence-electron chi connectivity index (χ4n) is 3.92. The number of aromatic nitrogens is 3. The minimum Gasteiger partial charge on any atom is -0.504 e. The summed E-state index contributed by atoms with van der Waals surface area (Å²) in [6, 6.07) is 23.7. The lowest BCUT2D eigenvalue weighted by Crippen LogP contribution is -2.27. The van der Waals surface area contributed by atoms with Gasteiger partial charge in [-0.2, -0.15) is 15.0 Å². The van der Waals surface area contributed by atoms with Crippen LogP contribution in [0.3, 0.4) is 0 Å². The highest BCUT2D eigenvalue weighted by molar-refractivity contribution is 5.94. The SMILES string of the molecule is O=C(NCCOCCOCCNc1nc(NCCc2ccc(O)c(O)c2)nc(NCc2ccccc2)n1)c1ccccc1. The zero-order chi connectivity index (χ0) is 30.1. The molecule has 0 saturated carbocycles. The van der Waals surface area contributed by atoms with Crippen LogP contribution >= 0.6 is 0 Å². The lowest BCUT2D eigenvalue weighted by molar-refractivity contribution is 0.0519. The number of carbonyl (C=O) groups excluding carboxylic acids is 1. The number of anilines is 3. The number of carbonyl (C=O) groups is 1. The van der Waals surface area contributed by atoms with Crippen molar-refractivity contribution in [1.29, 1.82) is 0 Å². The van der Waals surface area contributed by atoms with E-state index in [-0.39, 0.29) is 17.4 Å². The Labute approximate surface area is 250 Å². The molecular formula is C31H37N7O5. The van der Waals surface area contributed by atoms with Gasteiger partial charge in [-0.3, -0.25) is 4.79 Å². The summed E-state index contributed by atoms with van der Waals surface area (Å²) < 4.78 is 11.2. The van der Waals surface area contributed by atoms with Crippen LogP contribution < -0.4 is 21.3 Å². The lowest BCUT2D eigenvalue weighted by atomic mass is 10.1. The second kappa shape index (κ2) is 17.1. The van der Waals surface area contributed by atoms with E-state index in [9.17, 15) is 15.0 Å². The van der Waals surface area contributed by atoms with E-state index in [1.165, 1.54) is 12.1 Å². The number of amides is 1. The van der Waals surface area contributed by atoms with Gasteiger partial charge in [-0.25, -0.2) is 0 Å². The third-order valence-corrected chi connectivity index (χ3v) is 6.13. The molecule has 1 aromatic heterocycles. The highest BCUT2D eigenvalue weighted by atomic mass is 16.5. The van der Waals surface area contributed by atoms with E-state index in [0.717, 1.165) is 11.1 Å². The van der Waals surface area contributed by atoms with Crippen molar-refractivity contribution in [2.45, 2.75) is 13.0 Å². The van der Waals surface area contributed by atoms with Crippen LogP contribution in [-0.2, 0) is 22.4 Å². The maximum absolute atomic E-state index is 12.0. The summed E-state index contributed by atoms with van der Waals surface area (Å²) in [7, 11) is 0. The van der Waals surface area contributed by atoms with E-state index in [0.29, 0.717) is 82.4 Å². The van der Waals surface area contributed by atoms with Crippen LogP contribution in [0.4, 0.5) is 17.8 Å². The fraction of sp³-hybridized carbons (Fsp3) is 0.290. The summed E-state index contributed by atoms with van der Waals surface area (Å²) in [5.74, 6) is 0.769. The molecule has 12 nitrogen and oxygen atoms in total. The first kappa shape index (κ1) is 31.0. The maximum Gasteiger partial charge on any atom is 0.251 e. The molecule has 0 aliphatic rings. The van der Waals surface area contributed by atoms with Crippen LogP contribution in [-0.4, -0.2) is 77.1 Å². The van der Waals surface area contributed by atoms with Crippen LogP contribution in [0.25, 0.3) is 0 Å². The van der Waals surface area contributed by atoms with Crippen molar-refractivity contribution in [1.82, 2.24) is 20.3 Å². The summed E-state index contributed by atoms with van der Waals surface area (Å²) in [5.41, 5.74) is 2.57. The summed E-state index contributed by atoms with van der Waals surface area (Å²) in [4.78, 5) is 25.4. The normalized spacial score (nSPS) is 10.7. The molecule has 43 heavy (non-hydrogen) atoms. The number of aromatic hydroxyl groups is 2. The number of rotatable bonds is 18. The molecule has 0 saturated heterocycles. The lowest BCUT2D eigenvalue weighted by Gasteiger charge is -2.12. The van der Waals surface area contributed by atoms with Crippen LogP contribution in [0.1, 0.15) is 21.5 Å². The number of benzene rings is 3. The summed E-state index contributed by atoms with van der Waals surface area (Å²) in [5, 5.41) is 31.7. The average Bonchev–Trinajstić information content (AvgIpc) is 3.03. The number of nitrogens with one attached hydrogen (secondary N) is 4. The first-order valence-corrected chi connectivity index (χ1v) is 14.1. The van der Waals surface area contributed by atoms with Gasteiger partial charge in [-0.05, 0) is 41.8 Å². The molecule has 1 amide bonds. The zero-order valence-electron chi connectivity index (χ0n) is 23.8. The number of hydrogen-bond donors (Lipinski definition) is 6. The molecule has 4 rings (SSSR count). The van der Waals surface area contributed by atoms with Crippen LogP contribution in [0.5, 0.6) is 11.5 Å². The van der Waals surface area contributed by atoms with Crippen molar-refractivity contribution < 1.29 is 24.5 Å². The number of ether oxygens (including phenoxy) is 2. The van der Waals surface area contributed by atoms with Gasteiger partial charge in [-0.15, -0.1) is 0 Å². The van der Waals surface area contributed by atoms with E-state index in [1.54, 1.807) is 18.2 Å². The summed E-state index contributed by atoms with van der Waals surface area (Å²) in [6.45, 7) is 3.58. The number of phenolic OH excluding ortho intramolecular Hbond substituents is 2. The molecule has 6 N–H and O–H groups in total. The largest absolute Gasteiger partial charge is 0.504 e. The van der Waals surface area contributed by atoms with Crippen LogP contribution in [0, 0.1) is 0 Å². The van der Waals surface area contributed by atoms with Crippen molar-refractivity contribution in [3.8, 4) is 11.5 Å². The average molecular weight is 588 g/mol. The van der Waals surface area contributed by atoms with E-state index >= 15 is 0 Å². The predicted molar refractivity (Wildman–Crippen MR) is 164 cm³/mol. The quantitative estimate of drug-likeness (QED) is 0.0747. The Morgan fingerprint density at radius 1 is 0.628 bits per heavy atom. The van der Waals surface area contributed by atoms with Crippen LogP contribution in [0.15, 0.2) is 78.9 Å². The molecule has 4 aromatic rings. The molecule has 0 atom stereocenters. The fourth-order valence-corrected chi connectivity index (χ4v) is 3.92. The van der Waals surface area contributed by atoms with Gasteiger partial charge in [0.15, 0.2) is 11.5 Å². The van der Waals surface area contributed by atoms with Crippen molar-refractivity contribution in [3.05, 3.63) is 95.6 Å². The van der Waals surface area contributed by atoms with Crippen LogP contribution in [0.2, 0.25) is 0 Å². The topological polar surface area (TPSA) is 163 Å². The third kappa shape index (κ3) is 11.1. The number of nitrogens with zero attached hydrogens (tertiary/aromatic N) is 3. The molecular weight excluding hydrogens is 550 g/mol. The highest BCUT2D eigenvalue weighted by Gasteiger charge is 2.08. The van der Waals surface area contributed by atoms with E-state index in [1.807, 2.05) is 48.5 Å². The highest BCUT2D eigenvalue weighted by Crippen LogP contribution is 2.25. The van der Waals surface area contributed by atoms with Gasteiger partial charge in [-0.1, -0.05) is 54.6 Å². The van der Waals surface area contributed by atoms with Gasteiger partial charge >= 0.3 is 0 Å². The Morgan fingerprint density at radius 3 is 1.91 bits per heavy atom. The molecule has 0 aliphatic carbocycles. The van der Waals surface area contributed by atoms with E-state index in [4.69, 9.17) is 9.47 Å². The standard InChI is InChI=1S/C31H37N7O5/c39-26-12-11-23(21-27(26)40)13-14-33-29-36-30(38-31(37-29)35-22-24-7-3-1-4-8-24)34-16-18-43-20-19-42-17-15-32-28(41)25-9-5-2-6-10-25/h1-12,21,39-40H,13-20,22H2,(H,32,41)(H3,33,34,35,36,37,38). The second-order valence-corrected chi connectivity index (χ2v) is 9.42. The predicted octanol–water partition coefficient (Wildman–Crippen LogP) is 3.42. The minimum atomic E-state index is -0.155. The Balaban J connectivity index is 1.18. The van der Waals surface area contributed by atoms with Gasteiger partial charge in [0, 0.05) is 31.7 Å². The maximum atomic E-state index is 12.0. The number of hydrogen-bond acceptors (Lipinski definition) is 11. The monoisotopic (exact) mass is 587 g/mol. The molecule has 12 heteroatoms. The van der Waals surface area contributed by atoms with Crippen molar-refractivity contribution >= 4 is 23.8 Å².